The van der Waals surface area contributed by atoms with Crippen LogP contribution in [0.4, 0.5) is 17.2 Å². The van der Waals surface area contributed by atoms with Gasteiger partial charge in [0.2, 0.25) is 0 Å². The number of carbonyl (C=O) groups excluding carboxylic acids is 1. The zero-order valence-corrected chi connectivity index (χ0v) is 16.1. The summed E-state index contributed by atoms with van der Waals surface area (Å²) in [5.41, 5.74) is 7.61. The minimum Gasteiger partial charge on any atom is -0.396 e. The number of hydrogen-bond donors (Lipinski definition) is 4. The molecule has 2 heterocycles. The fraction of sp³-hybridized carbons (Fsp3) is 0.429. The number of anilines is 3. The standard InChI is InChI=1S/C21H29N5O2/c22-21(28)18-15-23-20(25-16-6-2-1-3-7-16)14-19(18)24-17-8-11-26(12-9-17)10-4-5-13-27/h1-3,6-7,14-15,17,27H,4-5,8-13H2,(H2,22,28)(H2,23,24,25). The number of aliphatic hydroxyl groups is 1. The van der Waals surface area contributed by atoms with E-state index in [1.54, 1.807) is 0 Å². The number of carbonyl (C=O) groups is 1. The highest BCUT2D eigenvalue weighted by atomic mass is 16.2. The molecule has 0 bridgehead atoms. The van der Waals surface area contributed by atoms with Gasteiger partial charge in [0.05, 0.1) is 11.3 Å². The molecule has 7 nitrogen and oxygen atoms in total. The Kier molecular flexibility index (Phi) is 7.22. The molecule has 1 fully saturated rings. The van der Waals surface area contributed by atoms with Gasteiger partial charge in [-0.3, -0.25) is 4.79 Å². The SMILES string of the molecule is NC(=O)c1cnc(Nc2ccccc2)cc1NC1CCN(CCCCO)CC1. The van der Waals surface area contributed by atoms with Crippen LogP contribution in [0.1, 0.15) is 36.0 Å². The summed E-state index contributed by atoms with van der Waals surface area (Å²) in [6.45, 7) is 3.31. The van der Waals surface area contributed by atoms with Gasteiger partial charge < -0.3 is 26.4 Å². The molecule has 0 atom stereocenters. The lowest BCUT2D eigenvalue weighted by Gasteiger charge is -2.33. The molecule has 3 rings (SSSR count). The van der Waals surface area contributed by atoms with Crippen molar-refractivity contribution in [3.8, 4) is 0 Å². The second-order valence-electron chi connectivity index (χ2n) is 7.16. The second kappa shape index (κ2) is 10.1. The molecule has 1 amide bonds. The molecule has 0 aliphatic carbocycles. The first-order chi connectivity index (χ1) is 13.7. The van der Waals surface area contributed by atoms with Crippen molar-refractivity contribution in [1.82, 2.24) is 9.88 Å². The third-order valence-electron chi connectivity index (χ3n) is 5.05. The van der Waals surface area contributed by atoms with Gasteiger partial charge >= 0.3 is 0 Å². The van der Waals surface area contributed by atoms with E-state index >= 15 is 0 Å². The van der Waals surface area contributed by atoms with Crippen molar-refractivity contribution in [3.05, 3.63) is 48.2 Å². The molecule has 2 aromatic rings. The fourth-order valence-electron chi connectivity index (χ4n) is 3.48. The minimum absolute atomic E-state index is 0.259. The summed E-state index contributed by atoms with van der Waals surface area (Å²) >= 11 is 0. The van der Waals surface area contributed by atoms with Crippen LogP contribution in [0.3, 0.4) is 0 Å². The first-order valence-corrected chi connectivity index (χ1v) is 9.87. The van der Waals surface area contributed by atoms with Crippen LogP contribution in [-0.2, 0) is 0 Å². The van der Waals surface area contributed by atoms with Gasteiger partial charge in [-0.15, -0.1) is 0 Å². The van der Waals surface area contributed by atoms with Gasteiger partial charge in [-0.05, 0) is 44.4 Å². The number of nitrogens with zero attached hydrogens (tertiary/aromatic N) is 2. The van der Waals surface area contributed by atoms with Crippen LogP contribution in [0.2, 0.25) is 0 Å². The maximum Gasteiger partial charge on any atom is 0.252 e. The average molecular weight is 383 g/mol. The Labute approximate surface area is 166 Å². The van der Waals surface area contributed by atoms with E-state index < -0.39 is 5.91 Å². The summed E-state index contributed by atoms with van der Waals surface area (Å²) in [5, 5.41) is 15.7. The minimum atomic E-state index is -0.484. The molecule has 0 saturated carbocycles. The van der Waals surface area contributed by atoms with E-state index in [2.05, 4.69) is 20.5 Å². The van der Waals surface area contributed by atoms with Crippen molar-refractivity contribution in [3.63, 3.8) is 0 Å². The Morgan fingerprint density at radius 2 is 1.96 bits per heavy atom. The number of piperidine rings is 1. The predicted octanol–water partition coefficient (Wildman–Crippen LogP) is 2.57. The van der Waals surface area contributed by atoms with E-state index in [0.717, 1.165) is 56.7 Å². The van der Waals surface area contributed by atoms with Gasteiger partial charge in [-0.2, -0.15) is 0 Å². The summed E-state index contributed by atoms with van der Waals surface area (Å²) in [6.07, 6.45) is 5.41. The average Bonchev–Trinajstić information content (AvgIpc) is 2.70. The van der Waals surface area contributed by atoms with Crippen LogP contribution >= 0.6 is 0 Å². The summed E-state index contributed by atoms with van der Waals surface area (Å²) in [7, 11) is 0. The zero-order valence-electron chi connectivity index (χ0n) is 16.1. The van der Waals surface area contributed by atoms with Crippen LogP contribution in [0.15, 0.2) is 42.6 Å². The highest BCUT2D eigenvalue weighted by molar-refractivity contribution is 5.98. The number of rotatable bonds is 9. The molecule has 1 aliphatic rings. The second-order valence-corrected chi connectivity index (χ2v) is 7.16. The maximum atomic E-state index is 11.8. The van der Waals surface area contributed by atoms with Crippen molar-refractivity contribution in [2.75, 3.05) is 36.9 Å². The van der Waals surface area contributed by atoms with Crippen molar-refractivity contribution in [2.45, 2.75) is 31.7 Å². The Balaban J connectivity index is 1.63. The van der Waals surface area contributed by atoms with Gasteiger partial charge in [-0.1, -0.05) is 18.2 Å². The third kappa shape index (κ3) is 5.68. The van der Waals surface area contributed by atoms with E-state index in [0.29, 0.717) is 17.4 Å². The maximum absolute atomic E-state index is 11.8. The summed E-state index contributed by atoms with van der Waals surface area (Å²) in [4.78, 5) is 18.6. The molecule has 5 N–H and O–H groups in total. The smallest absolute Gasteiger partial charge is 0.252 e. The molecule has 1 aromatic heterocycles. The van der Waals surface area contributed by atoms with Crippen molar-refractivity contribution >= 4 is 23.1 Å². The first-order valence-electron chi connectivity index (χ1n) is 9.87. The number of likely N-dealkylation sites (tertiary alicyclic amines) is 1. The van der Waals surface area contributed by atoms with Gasteiger partial charge in [0.15, 0.2) is 0 Å². The highest BCUT2D eigenvalue weighted by Crippen LogP contribution is 2.24. The number of amides is 1. The number of primary amides is 1. The Morgan fingerprint density at radius 1 is 1.21 bits per heavy atom. The van der Waals surface area contributed by atoms with Gasteiger partial charge in [-0.25, -0.2) is 4.98 Å². The molecule has 0 spiro atoms. The van der Waals surface area contributed by atoms with Crippen LogP contribution in [0.5, 0.6) is 0 Å². The van der Waals surface area contributed by atoms with E-state index in [9.17, 15) is 4.79 Å². The predicted molar refractivity (Wildman–Crippen MR) is 112 cm³/mol. The lowest BCUT2D eigenvalue weighted by molar-refractivity contribution is 0.100. The fourth-order valence-corrected chi connectivity index (χ4v) is 3.48. The molecule has 28 heavy (non-hydrogen) atoms. The summed E-state index contributed by atoms with van der Waals surface area (Å²) in [5.74, 6) is 0.183. The van der Waals surface area contributed by atoms with E-state index in [1.807, 2.05) is 36.4 Å². The lowest BCUT2D eigenvalue weighted by atomic mass is 10.0. The molecule has 1 saturated heterocycles. The Hall–Kier alpha value is -2.64. The molecule has 0 unspecified atom stereocenters. The number of aliphatic hydroxyl groups excluding tert-OH is 1. The largest absolute Gasteiger partial charge is 0.396 e. The van der Waals surface area contributed by atoms with Gasteiger partial charge in [0.25, 0.3) is 5.91 Å². The number of nitrogens with one attached hydrogen (secondary N) is 2. The van der Waals surface area contributed by atoms with E-state index in [-0.39, 0.29) is 6.61 Å². The first kappa shape index (κ1) is 20.1. The van der Waals surface area contributed by atoms with Crippen LogP contribution < -0.4 is 16.4 Å². The number of unbranched alkanes of at least 4 members (excludes halogenated alkanes) is 1. The van der Waals surface area contributed by atoms with E-state index in [1.165, 1.54) is 6.20 Å². The molecular formula is C21H29N5O2. The van der Waals surface area contributed by atoms with Crippen LogP contribution in [0, 0.1) is 0 Å². The van der Waals surface area contributed by atoms with Gasteiger partial charge in [0, 0.05) is 43.7 Å². The Bertz CT molecular complexity index is 761. The molecule has 7 heteroatoms. The molecule has 0 radical (unpaired) electrons. The van der Waals surface area contributed by atoms with E-state index in [4.69, 9.17) is 10.8 Å². The number of benzene rings is 1. The van der Waals surface area contributed by atoms with Crippen molar-refractivity contribution in [1.29, 1.82) is 0 Å². The van der Waals surface area contributed by atoms with Gasteiger partial charge in [0.1, 0.15) is 5.82 Å². The molecule has 1 aliphatic heterocycles. The number of nitrogens with two attached hydrogens (primary N) is 1. The van der Waals surface area contributed by atoms with Crippen molar-refractivity contribution in [2.24, 2.45) is 5.73 Å². The number of hydrogen-bond acceptors (Lipinski definition) is 6. The van der Waals surface area contributed by atoms with Crippen LogP contribution in [0.25, 0.3) is 0 Å². The quantitative estimate of drug-likeness (QED) is 0.496. The Morgan fingerprint density at radius 3 is 2.64 bits per heavy atom. The topological polar surface area (TPSA) is 104 Å². The number of para-hydroxylation sites is 1. The monoisotopic (exact) mass is 383 g/mol. The zero-order chi connectivity index (χ0) is 19.8. The number of pyridine rings is 1. The third-order valence-corrected chi connectivity index (χ3v) is 5.05. The number of aromatic nitrogens is 1. The summed E-state index contributed by atoms with van der Waals surface area (Å²) in [6, 6.07) is 11.9. The van der Waals surface area contributed by atoms with Crippen LogP contribution in [-0.4, -0.2) is 53.2 Å². The summed E-state index contributed by atoms with van der Waals surface area (Å²) < 4.78 is 0. The van der Waals surface area contributed by atoms with Crippen molar-refractivity contribution < 1.29 is 9.90 Å². The molecule has 150 valence electrons. The molecule has 1 aromatic carbocycles. The molecular weight excluding hydrogens is 354 g/mol. The highest BCUT2D eigenvalue weighted by Gasteiger charge is 2.20. The normalized spacial score (nSPS) is 15.3. The lowest BCUT2D eigenvalue weighted by Crippen LogP contribution is -2.39.